The third-order valence-corrected chi connectivity index (χ3v) is 2.62. The van der Waals surface area contributed by atoms with Crippen molar-refractivity contribution in [3.05, 3.63) is 17.0 Å². The van der Waals surface area contributed by atoms with Gasteiger partial charge in [0.2, 0.25) is 5.91 Å². The highest BCUT2D eigenvalue weighted by Gasteiger charge is 2.29. The number of hydrogen-bond acceptors (Lipinski definition) is 4. The topological polar surface area (TPSA) is 72.1 Å². The van der Waals surface area contributed by atoms with Crippen molar-refractivity contribution in [2.75, 3.05) is 11.4 Å². The molecule has 5 nitrogen and oxygen atoms in total. The first-order valence-corrected chi connectivity index (χ1v) is 4.99. The largest absolute Gasteiger partial charge is 0.326 e. The molecule has 0 aliphatic carbocycles. The van der Waals surface area contributed by atoms with Crippen molar-refractivity contribution >= 4 is 27.7 Å². The van der Waals surface area contributed by atoms with Gasteiger partial charge in [-0.2, -0.15) is 0 Å². The van der Waals surface area contributed by atoms with Gasteiger partial charge in [0.05, 0.1) is 4.47 Å². The van der Waals surface area contributed by atoms with Gasteiger partial charge in [0.1, 0.15) is 6.33 Å². The normalized spacial score (nSPS) is 21.7. The van der Waals surface area contributed by atoms with Crippen LogP contribution in [0.5, 0.6) is 0 Å². The zero-order valence-electron chi connectivity index (χ0n) is 7.35. The number of halogens is 1. The van der Waals surface area contributed by atoms with Gasteiger partial charge in [-0.05, 0) is 15.9 Å². The summed E-state index contributed by atoms with van der Waals surface area (Å²) in [6.45, 7) is 0.522. The fourth-order valence-corrected chi connectivity index (χ4v) is 1.88. The first-order chi connectivity index (χ1) is 6.68. The van der Waals surface area contributed by atoms with Crippen molar-refractivity contribution in [1.29, 1.82) is 0 Å². The molecule has 2 rings (SSSR count). The number of aromatic nitrogens is 2. The third kappa shape index (κ3) is 1.62. The second kappa shape index (κ2) is 3.62. The Morgan fingerprint density at radius 3 is 3.00 bits per heavy atom. The van der Waals surface area contributed by atoms with Crippen molar-refractivity contribution in [2.45, 2.75) is 12.5 Å². The van der Waals surface area contributed by atoms with Crippen LogP contribution in [0.2, 0.25) is 0 Å². The van der Waals surface area contributed by atoms with Crippen molar-refractivity contribution in [2.24, 2.45) is 5.73 Å². The van der Waals surface area contributed by atoms with E-state index < -0.39 is 0 Å². The van der Waals surface area contributed by atoms with E-state index in [0.717, 1.165) is 0 Å². The molecular weight excluding hydrogens is 248 g/mol. The molecule has 1 atom stereocenters. The molecular formula is C8H9BrN4O. The summed E-state index contributed by atoms with van der Waals surface area (Å²) >= 11 is 3.29. The Hall–Kier alpha value is -1.01. The molecule has 1 fully saturated rings. The van der Waals surface area contributed by atoms with Crippen LogP contribution in [0, 0.1) is 0 Å². The van der Waals surface area contributed by atoms with Crippen molar-refractivity contribution in [3.63, 3.8) is 0 Å². The highest BCUT2D eigenvalue weighted by atomic mass is 79.9. The molecule has 1 aliphatic heterocycles. The molecule has 1 aromatic rings. The van der Waals surface area contributed by atoms with E-state index in [4.69, 9.17) is 5.73 Å². The molecule has 0 saturated carbocycles. The fraction of sp³-hybridized carbons (Fsp3) is 0.375. The van der Waals surface area contributed by atoms with Crippen molar-refractivity contribution in [3.8, 4) is 0 Å². The van der Waals surface area contributed by atoms with E-state index >= 15 is 0 Å². The average Bonchev–Trinajstić information content (AvgIpc) is 2.46. The summed E-state index contributed by atoms with van der Waals surface area (Å²) in [6, 6.07) is -0.0932. The SMILES string of the molecule is NC1CC(=O)N(c2ncncc2Br)C1. The Balaban J connectivity index is 2.32. The lowest BCUT2D eigenvalue weighted by atomic mass is 10.3. The molecule has 2 N–H and O–H groups in total. The number of anilines is 1. The van der Waals surface area contributed by atoms with E-state index in [9.17, 15) is 4.79 Å². The molecule has 0 aromatic carbocycles. The average molecular weight is 257 g/mol. The van der Waals surface area contributed by atoms with Crippen LogP contribution < -0.4 is 10.6 Å². The standard InChI is InChI=1S/C8H9BrN4O/c9-6-2-11-4-12-8(6)13-3-5(10)1-7(13)14/h2,4-5H,1,3,10H2. The monoisotopic (exact) mass is 256 g/mol. The van der Waals surface area contributed by atoms with Crippen molar-refractivity contribution < 1.29 is 4.79 Å². The summed E-state index contributed by atoms with van der Waals surface area (Å²) in [4.78, 5) is 21.0. The molecule has 0 radical (unpaired) electrons. The molecule has 14 heavy (non-hydrogen) atoms. The van der Waals surface area contributed by atoms with E-state index in [1.54, 1.807) is 11.1 Å². The first kappa shape index (κ1) is 9.54. The summed E-state index contributed by atoms with van der Waals surface area (Å²) < 4.78 is 0.711. The van der Waals surface area contributed by atoms with Crippen LogP contribution in [0.25, 0.3) is 0 Å². The van der Waals surface area contributed by atoms with E-state index in [1.807, 2.05) is 0 Å². The minimum atomic E-state index is -0.0932. The van der Waals surface area contributed by atoms with Crippen LogP contribution in [0.15, 0.2) is 17.0 Å². The van der Waals surface area contributed by atoms with Gasteiger partial charge in [0, 0.05) is 25.2 Å². The van der Waals surface area contributed by atoms with Gasteiger partial charge in [-0.15, -0.1) is 0 Å². The minimum Gasteiger partial charge on any atom is -0.326 e. The second-order valence-electron chi connectivity index (χ2n) is 3.16. The Labute approximate surface area is 89.5 Å². The lowest BCUT2D eigenvalue weighted by molar-refractivity contribution is -0.117. The second-order valence-corrected chi connectivity index (χ2v) is 4.02. The molecule has 0 spiro atoms. The summed E-state index contributed by atoms with van der Waals surface area (Å²) in [6.07, 6.45) is 3.41. The van der Waals surface area contributed by atoms with Gasteiger partial charge >= 0.3 is 0 Å². The smallest absolute Gasteiger partial charge is 0.229 e. The van der Waals surface area contributed by atoms with Crippen LogP contribution in [-0.2, 0) is 4.79 Å². The fourth-order valence-electron chi connectivity index (χ4n) is 1.44. The van der Waals surface area contributed by atoms with Gasteiger partial charge < -0.3 is 5.73 Å². The molecule has 1 aromatic heterocycles. The van der Waals surface area contributed by atoms with E-state index in [2.05, 4.69) is 25.9 Å². The Morgan fingerprint density at radius 2 is 2.43 bits per heavy atom. The molecule has 1 unspecified atom stereocenters. The number of rotatable bonds is 1. The molecule has 1 aliphatic rings. The van der Waals surface area contributed by atoms with Crippen LogP contribution in [-0.4, -0.2) is 28.5 Å². The van der Waals surface area contributed by atoms with Crippen LogP contribution in [0.1, 0.15) is 6.42 Å². The van der Waals surface area contributed by atoms with Crippen molar-refractivity contribution in [1.82, 2.24) is 9.97 Å². The van der Waals surface area contributed by atoms with Gasteiger partial charge in [0.25, 0.3) is 0 Å². The Morgan fingerprint density at radius 1 is 1.64 bits per heavy atom. The molecule has 74 valence electrons. The summed E-state index contributed by atoms with van der Waals surface area (Å²) in [5.74, 6) is 0.606. The number of nitrogens with two attached hydrogens (primary N) is 1. The molecule has 0 bridgehead atoms. The Kier molecular flexibility index (Phi) is 2.47. The molecule has 1 saturated heterocycles. The first-order valence-electron chi connectivity index (χ1n) is 4.20. The maximum atomic E-state index is 11.5. The van der Waals surface area contributed by atoms with Gasteiger partial charge in [-0.25, -0.2) is 9.97 Å². The summed E-state index contributed by atoms with van der Waals surface area (Å²) in [7, 11) is 0. The highest BCUT2D eigenvalue weighted by Crippen LogP contribution is 2.25. The van der Waals surface area contributed by atoms with E-state index in [0.29, 0.717) is 23.3 Å². The zero-order valence-corrected chi connectivity index (χ0v) is 8.94. The lowest BCUT2D eigenvalue weighted by Crippen LogP contribution is -2.29. The lowest BCUT2D eigenvalue weighted by Gasteiger charge is -2.15. The van der Waals surface area contributed by atoms with Gasteiger partial charge in [-0.1, -0.05) is 0 Å². The Bertz CT molecular complexity index is 370. The maximum Gasteiger partial charge on any atom is 0.229 e. The number of carbonyl (C=O) groups is 1. The third-order valence-electron chi connectivity index (χ3n) is 2.06. The summed E-state index contributed by atoms with van der Waals surface area (Å²) in [5, 5.41) is 0. The van der Waals surface area contributed by atoms with Crippen LogP contribution in [0.3, 0.4) is 0 Å². The predicted molar refractivity (Wildman–Crippen MR) is 54.7 cm³/mol. The molecule has 2 heterocycles. The van der Waals surface area contributed by atoms with Gasteiger partial charge in [-0.3, -0.25) is 9.69 Å². The number of amides is 1. The quantitative estimate of drug-likeness (QED) is 0.785. The predicted octanol–water partition coefficient (Wildman–Crippen LogP) is 0.303. The maximum absolute atomic E-state index is 11.5. The highest BCUT2D eigenvalue weighted by molar-refractivity contribution is 9.10. The molecule has 1 amide bonds. The van der Waals surface area contributed by atoms with Crippen LogP contribution >= 0.6 is 15.9 Å². The zero-order chi connectivity index (χ0) is 10.1. The summed E-state index contributed by atoms with van der Waals surface area (Å²) in [5.41, 5.74) is 5.68. The molecule has 6 heteroatoms. The van der Waals surface area contributed by atoms with E-state index in [1.165, 1.54) is 6.33 Å². The van der Waals surface area contributed by atoms with E-state index in [-0.39, 0.29) is 11.9 Å². The number of nitrogens with zero attached hydrogens (tertiary/aromatic N) is 3. The number of carbonyl (C=O) groups excluding carboxylic acids is 1. The minimum absolute atomic E-state index is 0.0110. The number of hydrogen-bond donors (Lipinski definition) is 1. The van der Waals surface area contributed by atoms with Gasteiger partial charge in [0.15, 0.2) is 5.82 Å². The van der Waals surface area contributed by atoms with Crippen LogP contribution in [0.4, 0.5) is 5.82 Å².